The normalized spacial score (nSPS) is 59.0. The number of Topliss-reactive ketones (excluding diaryl/α,β-unsaturated/α-hetero) is 1. The van der Waals surface area contributed by atoms with Gasteiger partial charge in [0.15, 0.2) is 5.79 Å². The zero-order valence-corrected chi connectivity index (χ0v) is 22.3. The lowest BCUT2D eigenvalue weighted by molar-refractivity contribution is -0.282. The maximum Gasteiger partial charge on any atom is 0.166 e. The maximum absolute atomic E-state index is 14.1. The standard InChI is InChI=1S/C30H47NO3/c1-19(2)21-9-13-27(4)20-8-15-29-12-6-7-22(29)30(27,25(21)31(29)17-20)16-10-23(32)26(3)18-33-28(5)14-11-24(26)34-28/h19-22,24-25H,6-18H2,1-5H3/t20-,21+,22+,24+,25-,26-,27-,28+,29+,30-/m0/s1. The van der Waals surface area contributed by atoms with Crippen LogP contribution in [0.2, 0.25) is 0 Å². The average molecular weight is 470 g/mol. The summed E-state index contributed by atoms with van der Waals surface area (Å²) < 4.78 is 12.4. The van der Waals surface area contributed by atoms with E-state index >= 15 is 0 Å². The van der Waals surface area contributed by atoms with E-state index in [1.54, 1.807) is 0 Å². The van der Waals surface area contributed by atoms with Crippen molar-refractivity contribution in [2.24, 2.45) is 39.9 Å². The Kier molecular flexibility index (Phi) is 4.61. The second-order valence-electron chi connectivity index (χ2n) is 14.7. The van der Waals surface area contributed by atoms with Gasteiger partial charge in [0.05, 0.1) is 18.1 Å². The van der Waals surface area contributed by atoms with Crippen LogP contribution in [0.15, 0.2) is 0 Å². The first-order valence-electron chi connectivity index (χ1n) is 14.7. The van der Waals surface area contributed by atoms with Gasteiger partial charge in [-0.2, -0.15) is 0 Å². The second kappa shape index (κ2) is 6.90. The second-order valence-corrected chi connectivity index (χ2v) is 14.7. The van der Waals surface area contributed by atoms with Crippen LogP contribution in [0.5, 0.6) is 0 Å². The lowest BCUT2D eigenvalue weighted by Crippen LogP contribution is -2.68. The molecule has 0 aromatic carbocycles. The molecule has 1 spiro atoms. The summed E-state index contributed by atoms with van der Waals surface area (Å²) in [5, 5.41) is 0. The molecule has 34 heavy (non-hydrogen) atoms. The highest BCUT2D eigenvalue weighted by Gasteiger charge is 2.79. The molecule has 7 fully saturated rings. The minimum Gasteiger partial charge on any atom is -0.349 e. The topological polar surface area (TPSA) is 38.8 Å². The number of hydrogen-bond acceptors (Lipinski definition) is 4. The van der Waals surface area contributed by atoms with Crippen LogP contribution in [0.3, 0.4) is 0 Å². The molecule has 190 valence electrons. The Balaban J connectivity index is 1.26. The summed E-state index contributed by atoms with van der Waals surface area (Å²) in [6, 6.07) is 0.697. The van der Waals surface area contributed by atoms with E-state index in [9.17, 15) is 4.79 Å². The van der Waals surface area contributed by atoms with Crippen molar-refractivity contribution in [2.45, 2.75) is 129 Å². The highest BCUT2D eigenvalue weighted by molar-refractivity contribution is 5.85. The molecule has 5 heterocycles. The molecule has 0 radical (unpaired) electrons. The quantitative estimate of drug-likeness (QED) is 0.497. The third-order valence-corrected chi connectivity index (χ3v) is 13.4. The van der Waals surface area contributed by atoms with Gasteiger partial charge in [-0.3, -0.25) is 9.69 Å². The Morgan fingerprint density at radius 2 is 1.85 bits per heavy atom. The van der Waals surface area contributed by atoms with Crippen molar-refractivity contribution in [1.82, 2.24) is 4.90 Å². The van der Waals surface area contributed by atoms with Gasteiger partial charge in [0.2, 0.25) is 0 Å². The lowest BCUT2D eigenvalue weighted by Gasteiger charge is -2.67. The first-order chi connectivity index (χ1) is 16.1. The molecule has 11 atom stereocenters. The van der Waals surface area contributed by atoms with Crippen molar-refractivity contribution in [1.29, 1.82) is 0 Å². The van der Waals surface area contributed by atoms with Crippen LogP contribution in [0.25, 0.3) is 0 Å². The number of fused-ring (bicyclic) bond motifs is 4. The van der Waals surface area contributed by atoms with Crippen molar-refractivity contribution < 1.29 is 14.3 Å². The molecule has 7 rings (SSSR count). The molecule has 5 saturated heterocycles. The minimum atomic E-state index is -0.473. The fraction of sp³-hybridized carbons (Fsp3) is 0.967. The summed E-state index contributed by atoms with van der Waals surface area (Å²) in [6.07, 6.45) is 13.6. The summed E-state index contributed by atoms with van der Waals surface area (Å²) in [6.45, 7) is 13.7. The number of carbonyl (C=O) groups excluding carboxylic acids is 1. The number of ketones is 1. The molecule has 2 aliphatic carbocycles. The van der Waals surface area contributed by atoms with Crippen LogP contribution in [-0.2, 0) is 14.3 Å². The van der Waals surface area contributed by atoms with Gasteiger partial charge < -0.3 is 9.47 Å². The molecule has 0 amide bonds. The summed E-state index contributed by atoms with van der Waals surface area (Å²) in [4.78, 5) is 17.2. The van der Waals surface area contributed by atoms with Gasteiger partial charge in [0, 0.05) is 31.0 Å². The molecular weight excluding hydrogens is 422 g/mol. The van der Waals surface area contributed by atoms with Crippen LogP contribution in [-0.4, -0.2) is 47.3 Å². The van der Waals surface area contributed by atoms with E-state index < -0.39 is 11.2 Å². The fourth-order valence-electron chi connectivity index (χ4n) is 11.6. The third kappa shape index (κ3) is 2.45. The van der Waals surface area contributed by atoms with Gasteiger partial charge in [0.1, 0.15) is 5.78 Å². The molecule has 4 heteroatoms. The van der Waals surface area contributed by atoms with Crippen molar-refractivity contribution in [2.75, 3.05) is 13.2 Å². The smallest absolute Gasteiger partial charge is 0.166 e. The van der Waals surface area contributed by atoms with E-state index in [-0.39, 0.29) is 6.10 Å². The largest absolute Gasteiger partial charge is 0.349 e. The Morgan fingerprint density at radius 1 is 1.03 bits per heavy atom. The SMILES string of the molecule is CC(C)[C@H]1CC[C@@]2(C)[C@H]3CC[C@]45CCC[C@H]4[C@@]2(CCC(=O)[C@]2(C)CO[C@@]4(C)CC[C@H]2O4)[C@H]1N5C3. The zero-order chi connectivity index (χ0) is 23.7. The van der Waals surface area contributed by atoms with E-state index in [2.05, 4.69) is 39.5 Å². The lowest BCUT2D eigenvalue weighted by atomic mass is 9.42. The van der Waals surface area contributed by atoms with Crippen LogP contribution in [0.4, 0.5) is 0 Å². The summed E-state index contributed by atoms with van der Waals surface area (Å²) in [7, 11) is 0. The Hall–Kier alpha value is -0.450. The van der Waals surface area contributed by atoms with E-state index in [1.165, 1.54) is 51.5 Å². The van der Waals surface area contributed by atoms with E-state index in [0.717, 1.165) is 49.4 Å². The molecule has 7 bridgehead atoms. The van der Waals surface area contributed by atoms with Gasteiger partial charge >= 0.3 is 0 Å². The zero-order valence-electron chi connectivity index (χ0n) is 22.3. The van der Waals surface area contributed by atoms with Crippen molar-refractivity contribution in [3.05, 3.63) is 0 Å². The van der Waals surface area contributed by atoms with Crippen molar-refractivity contribution >= 4 is 5.78 Å². The van der Waals surface area contributed by atoms with E-state index in [4.69, 9.17) is 9.47 Å². The maximum atomic E-state index is 14.1. The van der Waals surface area contributed by atoms with Gasteiger partial charge in [-0.05, 0) is 99.7 Å². The number of ether oxygens (including phenoxy) is 2. The van der Waals surface area contributed by atoms with Crippen molar-refractivity contribution in [3.63, 3.8) is 0 Å². The van der Waals surface area contributed by atoms with Gasteiger partial charge in [-0.15, -0.1) is 0 Å². The van der Waals surface area contributed by atoms with Gasteiger partial charge in [0.25, 0.3) is 0 Å². The predicted octanol–water partition coefficient (Wildman–Crippen LogP) is 5.97. The molecule has 7 aliphatic rings. The first kappa shape index (κ1) is 22.7. The highest BCUT2D eigenvalue weighted by Crippen LogP contribution is 2.79. The third-order valence-electron chi connectivity index (χ3n) is 13.4. The number of rotatable bonds is 5. The van der Waals surface area contributed by atoms with Crippen molar-refractivity contribution in [3.8, 4) is 0 Å². The summed E-state index contributed by atoms with van der Waals surface area (Å²) >= 11 is 0. The average Bonchev–Trinajstić information content (AvgIpc) is 3.41. The molecule has 2 saturated carbocycles. The molecule has 0 N–H and O–H groups in total. The Morgan fingerprint density at radius 3 is 2.65 bits per heavy atom. The molecule has 1 unspecified atom stereocenters. The highest BCUT2D eigenvalue weighted by atomic mass is 16.7. The minimum absolute atomic E-state index is 0.0372. The van der Waals surface area contributed by atoms with Gasteiger partial charge in [-0.25, -0.2) is 0 Å². The van der Waals surface area contributed by atoms with E-state index in [0.29, 0.717) is 34.8 Å². The first-order valence-corrected chi connectivity index (χ1v) is 14.7. The molecule has 4 nitrogen and oxygen atoms in total. The van der Waals surface area contributed by atoms with Crippen LogP contribution in [0.1, 0.15) is 105 Å². The number of hydrogen-bond donors (Lipinski definition) is 0. The predicted molar refractivity (Wildman–Crippen MR) is 132 cm³/mol. The number of piperidine rings is 2. The fourth-order valence-corrected chi connectivity index (χ4v) is 11.6. The van der Waals surface area contributed by atoms with Crippen LogP contribution in [0, 0.1) is 39.9 Å². The number of nitrogens with zero attached hydrogens (tertiary/aromatic N) is 1. The Labute approximate surface area is 206 Å². The van der Waals surface area contributed by atoms with Crippen LogP contribution < -0.4 is 0 Å². The number of carbonyl (C=O) groups is 1. The van der Waals surface area contributed by atoms with Gasteiger partial charge in [-0.1, -0.05) is 27.2 Å². The monoisotopic (exact) mass is 469 g/mol. The summed E-state index contributed by atoms with van der Waals surface area (Å²) in [5.41, 5.74) is 0.704. The molecule has 0 aromatic heterocycles. The molecule has 0 aromatic rings. The Bertz CT molecular complexity index is 903. The van der Waals surface area contributed by atoms with Crippen LogP contribution >= 0.6 is 0 Å². The van der Waals surface area contributed by atoms with E-state index in [1.807, 2.05) is 0 Å². The molecular formula is C30H47NO3. The molecule has 5 aliphatic heterocycles. The summed E-state index contributed by atoms with van der Waals surface area (Å²) in [5.74, 6) is 3.11.